The number of allylic oxidation sites excluding steroid dienone is 2. The zero-order valence-corrected chi connectivity index (χ0v) is 12.2. The summed E-state index contributed by atoms with van der Waals surface area (Å²) in [4.78, 5) is 17.2. The number of guanidine groups is 1. The van der Waals surface area contributed by atoms with E-state index >= 15 is 0 Å². The molecule has 2 rings (SSSR count). The van der Waals surface area contributed by atoms with Crippen molar-refractivity contribution in [2.24, 2.45) is 9.98 Å². The summed E-state index contributed by atoms with van der Waals surface area (Å²) < 4.78 is 0. The smallest absolute Gasteiger partial charge is 0.390 e. The van der Waals surface area contributed by atoms with Crippen LogP contribution in [0.4, 0.5) is 0 Å². The Morgan fingerprint density at radius 2 is 2.23 bits per heavy atom. The normalized spacial score (nSPS) is 22.9. The van der Waals surface area contributed by atoms with Crippen molar-refractivity contribution >= 4 is 11.7 Å². The van der Waals surface area contributed by atoms with Crippen molar-refractivity contribution < 1.29 is 32.6 Å². The standard InChI is InChI=1S/C7H5N3O2.Hg/c11-10(12)7-8-5-3-1-2-4-6(5)9-7;/h1-5H;. The third-order valence-electron chi connectivity index (χ3n) is 1.62. The Morgan fingerprint density at radius 3 is 2.85 bits per heavy atom. The van der Waals surface area contributed by atoms with Gasteiger partial charge in [-0.25, -0.2) is 0 Å². The van der Waals surface area contributed by atoms with Crippen molar-refractivity contribution in [2.45, 2.75) is 6.04 Å². The first-order chi connectivity index (χ1) is 5.77. The molecule has 0 amide bonds. The van der Waals surface area contributed by atoms with E-state index in [9.17, 15) is 10.1 Å². The quantitative estimate of drug-likeness (QED) is 0.359. The van der Waals surface area contributed by atoms with Crippen LogP contribution >= 0.6 is 0 Å². The number of hydrogen-bond acceptors (Lipinski definition) is 4. The third kappa shape index (κ3) is 1.90. The fourth-order valence-corrected chi connectivity index (χ4v) is 1.09. The molecule has 0 aromatic rings. The molecule has 1 heterocycles. The molecule has 0 radical (unpaired) electrons. The van der Waals surface area contributed by atoms with E-state index in [0.29, 0.717) is 5.71 Å². The number of nitrogens with zero attached hydrogens (tertiary/aromatic N) is 3. The molecule has 13 heavy (non-hydrogen) atoms. The van der Waals surface area contributed by atoms with Gasteiger partial charge in [0.1, 0.15) is 0 Å². The van der Waals surface area contributed by atoms with Gasteiger partial charge < -0.3 is 10.1 Å². The van der Waals surface area contributed by atoms with Crippen LogP contribution in [0.15, 0.2) is 34.3 Å². The molecule has 0 fully saturated rings. The van der Waals surface area contributed by atoms with Crippen LogP contribution in [0.5, 0.6) is 0 Å². The molecule has 0 spiro atoms. The first kappa shape index (κ1) is 10.2. The molecule has 1 atom stereocenters. The Morgan fingerprint density at radius 1 is 1.46 bits per heavy atom. The zero-order valence-electron chi connectivity index (χ0n) is 6.75. The number of aliphatic imine (C=N–C) groups is 2. The molecule has 0 bridgehead atoms. The van der Waals surface area contributed by atoms with Crippen LogP contribution < -0.4 is 0 Å². The molecule has 0 saturated carbocycles. The van der Waals surface area contributed by atoms with Gasteiger partial charge in [0.25, 0.3) is 0 Å². The van der Waals surface area contributed by atoms with E-state index in [1.54, 1.807) is 24.3 Å². The van der Waals surface area contributed by atoms with Gasteiger partial charge in [-0.1, -0.05) is 22.1 Å². The maximum atomic E-state index is 10.3. The molecule has 6 heteroatoms. The van der Waals surface area contributed by atoms with Crippen LogP contribution in [-0.2, 0) is 27.7 Å². The largest absolute Gasteiger partial charge is 0.464 e. The van der Waals surface area contributed by atoms with Gasteiger partial charge in [0.15, 0.2) is 11.8 Å². The van der Waals surface area contributed by atoms with Crippen molar-refractivity contribution in [1.82, 2.24) is 0 Å². The molecule has 1 aliphatic heterocycles. The minimum absolute atomic E-state index is 0. The molecule has 1 unspecified atom stereocenters. The van der Waals surface area contributed by atoms with Gasteiger partial charge in [0, 0.05) is 27.7 Å². The molecule has 0 aromatic heterocycles. The van der Waals surface area contributed by atoms with Gasteiger partial charge in [-0.3, -0.25) is 0 Å². The predicted molar refractivity (Wildman–Crippen MR) is 43.9 cm³/mol. The van der Waals surface area contributed by atoms with Crippen molar-refractivity contribution in [3.63, 3.8) is 0 Å². The maximum Gasteiger partial charge on any atom is 0.464 e. The molecule has 5 nitrogen and oxygen atoms in total. The summed E-state index contributed by atoms with van der Waals surface area (Å²) in [5.41, 5.74) is 0.643. The van der Waals surface area contributed by atoms with E-state index in [1.807, 2.05) is 0 Å². The molecule has 0 saturated heterocycles. The topological polar surface area (TPSA) is 67.9 Å². The molecule has 2 aliphatic rings. The first-order valence-electron chi connectivity index (χ1n) is 3.43. The predicted octanol–water partition coefficient (Wildman–Crippen LogP) is 0.566. The van der Waals surface area contributed by atoms with Crippen molar-refractivity contribution in [3.05, 3.63) is 34.4 Å². The first-order valence-corrected chi connectivity index (χ1v) is 3.43. The third-order valence-corrected chi connectivity index (χ3v) is 1.62. The van der Waals surface area contributed by atoms with Crippen LogP contribution in [0.1, 0.15) is 0 Å². The molecule has 62 valence electrons. The molecule has 1 aliphatic carbocycles. The number of hydrogen-bond donors (Lipinski definition) is 0. The molecule has 0 N–H and O–H groups in total. The Balaban J connectivity index is 0.000000845. The molecular formula is C7H5HgN3O2. The molecular weight excluding hydrogens is 359 g/mol. The minimum atomic E-state index is -0.576. The summed E-state index contributed by atoms with van der Waals surface area (Å²) in [6.07, 6.45) is 7.09. The number of fused-ring (bicyclic) bond motifs is 1. The fourth-order valence-electron chi connectivity index (χ4n) is 1.09. The zero-order chi connectivity index (χ0) is 8.55. The van der Waals surface area contributed by atoms with Crippen molar-refractivity contribution in [3.8, 4) is 0 Å². The second-order valence-electron chi connectivity index (χ2n) is 2.41. The monoisotopic (exact) mass is 365 g/mol. The van der Waals surface area contributed by atoms with Crippen molar-refractivity contribution in [1.29, 1.82) is 0 Å². The summed E-state index contributed by atoms with van der Waals surface area (Å²) in [7, 11) is 0. The second-order valence-corrected chi connectivity index (χ2v) is 2.41. The average molecular weight is 364 g/mol. The van der Waals surface area contributed by atoms with E-state index in [4.69, 9.17) is 0 Å². The van der Waals surface area contributed by atoms with Gasteiger partial charge in [-0.05, 0) is 17.1 Å². The van der Waals surface area contributed by atoms with Crippen LogP contribution in [-0.4, -0.2) is 22.6 Å². The Hall–Kier alpha value is -0.845. The van der Waals surface area contributed by atoms with Crippen LogP contribution in [0.2, 0.25) is 0 Å². The fraction of sp³-hybridized carbons (Fsp3) is 0.143. The van der Waals surface area contributed by atoms with E-state index in [1.165, 1.54) is 0 Å². The van der Waals surface area contributed by atoms with Gasteiger partial charge in [0.2, 0.25) is 0 Å². The Labute approximate surface area is 94.6 Å². The maximum absolute atomic E-state index is 10.3. The van der Waals surface area contributed by atoms with Gasteiger partial charge >= 0.3 is 5.96 Å². The van der Waals surface area contributed by atoms with E-state index in [-0.39, 0.29) is 39.7 Å². The van der Waals surface area contributed by atoms with Crippen LogP contribution in [0, 0.1) is 10.1 Å². The molecule has 0 aromatic carbocycles. The summed E-state index contributed by atoms with van der Waals surface area (Å²) in [5, 5.41) is 10.3. The van der Waals surface area contributed by atoms with Gasteiger partial charge in [-0.2, -0.15) is 0 Å². The summed E-state index contributed by atoms with van der Waals surface area (Å²) in [6.45, 7) is 0. The van der Waals surface area contributed by atoms with Crippen LogP contribution in [0.3, 0.4) is 0 Å². The second kappa shape index (κ2) is 3.91. The summed E-state index contributed by atoms with van der Waals surface area (Å²) >= 11 is 0. The summed E-state index contributed by atoms with van der Waals surface area (Å²) in [6, 6.07) is -0.240. The van der Waals surface area contributed by atoms with Crippen LogP contribution in [0.25, 0.3) is 0 Å². The van der Waals surface area contributed by atoms with Gasteiger partial charge in [-0.15, -0.1) is 0 Å². The average Bonchev–Trinajstić information content (AvgIpc) is 2.46. The minimum Gasteiger partial charge on any atom is -0.390 e. The van der Waals surface area contributed by atoms with Crippen molar-refractivity contribution in [2.75, 3.05) is 0 Å². The Bertz CT molecular complexity index is 357. The van der Waals surface area contributed by atoms with Gasteiger partial charge in [0.05, 0.1) is 0 Å². The van der Waals surface area contributed by atoms with E-state index in [0.717, 1.165) is 0 Å². The summed E-state index contributed by atoms with van der Waals surface area (Å²) in [5.74, 6) is -0.300. The number of rotatable bonds is 0. The Kier molecular flexibility index (Phi) is 3.08. The van der Waals surface area contributed by atoms with E-state index < -0.39 is 4.92 Å². The SMILES string of the molecule is O=[N+]([O-])C1=NC2C=CC=CC2=N1.[Hg]. The van der Waals surface area contributed by atoms with E-state index in [2.05, 4.69) is 9.98 Å². The number of nitro groups is 1.